The van der Waals surface area contributed by atoms with Crippen molar-refractivity contribution >= 4 is 12.0 Å². The van der Waals surface area contributed by atoms with Crippen molar-refractivity contribution in [2.45, 2.75) is 26.3 Å². The summed E-state index contributed by atoms with van der Waals surface area (Å²) in [5.41, 5.74) is 0.949. The number of rotatable bonds is 7. The molecule has 0 aliphatic carbocycles. The van der Waals surface area contributed by atoms with Gasteiger partial charge in [0, 0.05) is 25.3 Å². The molecule has 1 aromatic carbocycles. The second-order valence-electron chi connectivity index (χ2n) is 4.81. The molecule has 0 aliphatic heterocycles. The van der Waals surface area contributed by atoms with Gasteiger partial charge in [-0.05, 0) is 44.0 Å². The summed E-state index contributed by atoms with van der Waals surface area (Å²) in [6, 6.07) is 7.63. The van der Waals surface area contributed by atoms with E-state index in [1.165, 1.54) is 0 Å². The first-order chi connectivity index (χ1) is 9.58. The van der Waals surface area contributed by atoms with Crippen molar-refractivity contribution in [2.24, 2.45) is 0 Å². The summed E-state index contributed by atoms with van der Waals surface area (Å²) in [4.78, 5) is 13.9. The summed E-state index contributed by atoms with van der Waals surface area (Å²) in [5, 5.41) is 8.87. The van der Waals surface area contributed by atoms with Crippen LogP contribution in [0.15, 0.2) is 30.3 Å². The van der Waals surface area contributed by atoms with Crippen LogP contribution in [0.2, 0.25) is 0 Å². The summed E-state index contributed by atoms with van der Waals surface area (Å²) < 4.78 is 5.09. The van der Waals surface area contributed by atoms with Crippen molar-refractivity contribution < 1.29 is 14.6 Å². The molecule has 0 bridgehead atoms. The molecule has 0 heterocycles. The van der Waals surface area contributed by atoms with Crippen molar-refractivity contribution in [1.29, 1.82) is 0 Å². The number of carbonyl (C=O) groups excluding carboxylic acids is 1. The second-order valence-corrected chi connectivity index (χ2v) is 4.81. The molecule has 0 atom stereocenters. The molecule has 0 aromatic heterocycles. The van der Waals surface area contributed by atoms with Gasteiger partial charge >= 0.3 is 0 Å². The van der Waals surface area contributed by atoms with E-state index in [9.17, 15) is 4.79 Å². The number of ether oxygens (including phenoxy) is 1. The Bertz CT molecular complexity index is 438. The highest BCUT2D eigenvalue weighted by atomic mass is 16.5. The Kier molecular flexibility index (Phi) is 6.81. The first-order valence-electron chi connectivity index (χ1n) is 6.82. The Labute approximate surface area is 120 Å². The van der Waals surface area contributed by atoms with Gasteiger partial charge in [-0.15, -0.1) is 0 Å². The highest BCUT2D eigenvalue weighted by Crippen LogP contribution is 2.12. The van der Waals surface area contributed by atoms with Crippen molar-refractivity contribution in [3.63, 3.8) is 0 Å². The Morgan fingerprint density at radius 3 is 2.50 bits per heavy atom. The third-order valence-electron chi connectivity index (χ3n) is 3.00. The number of hydrogen-bond donors (Lipinski definition) is 1. The van der Waals surface area contributed by atoms with E-state index in [0.29, 0.717) is 13.0 Å². The molecule has 110 valence electrons. The van der Waals surface area contributed by atoms with Gasteiger partial charge in [-0.1, -0.05) is 12.1 Å². The lowest BCUT2D eigenvalue weighted by Crippen LogP contribution is -2.36. The van der Waals surface area contributed by atoms with Crippen LogP contribution in [0.5, 0.6) is 5.75 Å². The van der Waals surface area contributed by atoms with E-state index in [1.54, 1.807) is 24.2 Å². The molecule has 0 aliphatic rings. The SMILES string of the molecule is COc1ccc(/C=C/C(=O)N(CCCO)C(C)C)cc1. The molecule has 20 heavy (non-hydrogen) atoms. The molecule has 0 fully saturated rings. The minimum absolute atomic E-state index is 0.0377. The lowest BCUT2D eigenvalue weighted by atomic mass is 10.2. The van der Waals surface area contributed by atoms with Crippen LogP contribution in [0.1, 0.15) is 25.8 Å². The van der Waals surface area contributed by atoms with Gasteiger partial charge in [0.2, 0.25) is 5.91 Å². The number of amides is 1. The molecule has 1 rings (SSSR count). The zero-order valence-corrected chi connectivity index (χ0v) is 12.4. The second kappa shape index (κ2) is 8.38. The van der Waals surface area contributed by atoms with E-state index < -0.39 is 0 Å². The van der Waals surface area contributed by atoms with Gasteiger partial charge < -0.3 is 14.7 Å². The highest BCUT2D eigenvalue weighted by molar-refractivity contribution is 5.92. The molecule has 1 aromatic rings. The van der Waals surface area contributed by atoms with Gasteiger partial charge in [0.05, 0.1) is 7.11 Å². The number of hydrogen-bond acceptors (Lipinski definition) is 3. The molecule has 1 N–H and O–H groups in total. The predicted octanol–water partition coefficient (Wildman–Crippen LogP) is 2.33. The monoisotopic (exact) mass is 277 g/mol. The van der Waals surface area contributed by atoms with E-state index >= 15 is 0 Å². The summed E-state index contributed by atoms with van der Waals surface area (Å²) >= 11 is 0. The van der Waals surface area contributed by atoms with Gasteiger partial charge in [0.15, 0.2) is 0 Å². The van der Waals surface area contributed by atoms with Gasteiger partial charge in [-0.2, -0.15) is 0 Å². The maximum Gasteiger partial charge on any atom is 0.246 e. The zero-order chi connectivity index (χ0) is 15.0. The largest absolute Gasteiger partial charge is 0.497 e. The van der Waals surface area contributed by atoms with Crippen LogP contribution in [-0.4, -0.2) is 42.2 Å². The van der Waals surface area contributed by atoms with Gasteiger partial charge in [-0.3, -0.25) is 4.79 Å². The van der Waals surface area contributed by atoms with Gasteiger partial charge in [-0.25, -0.2) is 0 Å². The topological polar surface area (TPSA) is 49.8 Å². The van der Waals surface area contributed by atoms with Crippen molar-refractivity contribution in [2.75, 3.05) is 20.3 Å². The third-order valence-corrected chi connectivity index (χ3v) is 3.00. The number of aliphatic hydroxyl groups is 1. The van der Waals surface area contributed by atoms with Crippen LogP contribution in [0, 0.1) is 0 Å². The van der Waals surface area contributed by atoms with Crippen LogP contribution in [0.4, 0.5) is 0 Å². The number of aliphatic hydroxyl groups excluding tert-OH is 1. The quantitative estimate of drug-likeness (QED) is 0.778. The Hall–Kier alpha value is -1.81. The lowest BCUT2D eigenvalue weighted by molar-refractivity contribution is -0.127. The maximum absolute atomic E-state index is 12.1. The fourth-order valence-corrected chi connectivity index (χ4v) is 1.84. The first-order valence-corrected chi connectivity index (χ1v) is 6.82. The first kappa shape index (κ1) is 16.2. The van der Waals surface area contributed by atoms with Crippen LogP contribution in [-0.2, 0) is 4.79 Å². The van der Waals surface area contributed by atoms with Crippen LogP contribution in [0.3, 0.4) is 0 Å². The zero-order valence-electron chi connectivity index (χ0n) is 12.4. The molecule has 0 spiro atoms. The molecule has 1 amide bonds. The van der Waals surface area contributed by atoms with E-state index in [2.05, 4.69) is 0 Å². The van der Waals surface area contributed by atoms with Gasteiger partial charge in [0.25, 0.3) is 0 Å². The lowest BCUT2D eigenvalue weighted by Gasteiger charge is -2.25. The van der Waals surface area contributed by atoms with Crippen molar-refractivity contribution in [3.05, 3.63) is 35.9 Å². The number of nitrogens with zero attached hydrogens (tertiary/aromatic N) is 1. The Morgan fingerprint density at radius 1 is 1.35 bits per heavy atom. The maximum atomic E-state index is 12.1. The van der Waals surface area contributed by atoms with Crippen LogP contribution >= 0.6 is 0 Å². The average Bonchev–Trinajstić information content (AvgIpc) is 2.45. The fraction of sp³-hybridized carbons (Fsp3) is 0.438. The summed E-state index contributed by atoms with van der Waals surface area (Å²) in [6.07, 6.45) is 3.95. The molecule has 4 heteroatoms. The van der Waals surface area contributed by atoms with Gasteiger partial charge in [0.1, 0.15) is 5.75 Å². The van der Waals surface area contributed by atoms with Crippen molar-refractivity contribution in [3.8, 4) is 5.75 Å². The van der Waals surface area contributed by atoms with E-state index in [-0.39, 0.29) is 18.6 Å². The molecule has 0 unspecified atom stereocenters. The normalized spacial score (nSPS) is 11.1. The average molecular weight is 277 g/mol. The Morgan fingerprint density at radius 2 is 2.00 bits per heavy atom. The Balaban J connectivity index is 2.67. The number of benzene rings is 1. The highest BCUT2D eigenvalue weighted by Gasteiger charge is 2.13. The van der Waals surface area contributed by atoms with E-state index in [4.69, 9.17) is 9.84 Å². The van der Waals surface area contributed by atoms with Crippen molar-refractivity contribution in [1.82, 2.24) is 4.90 Å². The summed E-state index contributed by atoms with van der Waals surface area (Å²) in [6.45, 7) is 4.60. The molecule has 0 saturated carbocycles. The molecule has 4 nitrogen and oxygen atoms in total. The molecule has 0 radical (unpaired) electrons. The minimum atomic E-state index is -0.0377. The number of carbonyl (C=O) groups is 1. The number of methoxy groups -OCH3 is 1. The predicted molar refractivity (Wildman–Crippen MR) is 80.6 cm³/mol. The van der Waals surface area contributed by atoms with Crippen LogP contribution < -0.4 is 4.74 Å². The molecular formula is C16H23NO3. The summed E-state index contributed by atoms with van der Waals surface area (Å²) in [5.74, 6) is 0.754. The third kappa shape index (κ3) is 5.05. The minimum Gasteiger partial charge on any atom is -0.497 e. The molecular weight excluding hydrogens is 254 g/mol. The van der Waals surface area contributed by atoms with E-state index in [1.807, 2.05) is 38.1 Å². The van der Waals surface area contributed by atoms with E-state index in [0.717, 1.165) is 11.3 Å². The smallest absolute Gasteiger partial charge is 0.246 e. The summed E-state index contributed by atoms with van der Waals surface area (Å²) in [7, 11) is 1.62. The van der Waals surface area contributed by atoms with Crippen LogP contribution in [0.25, 0.3) is 6.08 Å². The molecule has 0 saturated heterocycles. The standard InChI is InChI=1S/C16H23NO3/c1-13(2)17(11-4-12-18)16(19)10-7-14-5-8-15(20-3)9-6-14/h5-10,13,18H,4,11-12H2,1-3H3/b10-7+. The fourth-order valence-electron chi connectivity index (χ4n) is 1.84.